The van der Waals surface area contributed by atoms with E-state index in [1.165, 1.54) is 135 Å². The molecule has 2 heterocycles. The second-order valence-electron chi connectivity index (χ2n) is 15.6. The predicted molar refractivity (Wildman–Crippen MR) is 189 cm³/mol. The monoisotopic (exact) mass is 604 g/mol. The van der Waals surface area contributed by atoms with E-state index in [1.54, 1.807) is 0 Å². The lowest BCUT2D eigenvalue weighted by Gasteiger charge is -2.59. The Bertz CT molecular complexity index is 1570. The maximum Gasteiger partial charge on any atom is 0.0448 e. The first-order valence-corrected chi connectivity index (χ1v) is 18.8. The Morgan fingerprint density at radius 3 is 2.36 bits per heavy atom. The second-order valence-corrected chi connectivity index (χ2v) is 15.6. The number of fused-ring (bicyclic) bond motifs is 9. The van der Waals surface area contributed by atoms with Crippen LogP contribution < -0.4 is 21.9 Å². The third-order valence-electron chi connectivity index (χ3n) is 13.2. The molecular weight excluding hydrogens is 548 g/mol. The second kappa shape index (κ2) is 12.9. The molecule has 3 saturated carbocycles. The summed E-state index contributed by atoms with van der Waals surface area (Å²) < 4.78 is 0. The van der Waals surface area contributed by atoms with E-state index < -0.39 is 0 Å². The molecule has 0 spiro atoms. The van der Waals surface area contributed by atoms with Gasteiger partial charge in [0, 0.05) is 53.4 Å². The average Bonchev–Trinajstić information content (AvgIpc) is 3.09. The topological polar surface area (TPSA) is 58.5 Å². The Balaban J connectivity index is 0.876. The van der Waals surface area contributed by atoms with Crippen LogP contribution in [0.5, 0.6) is 0 Å². The Hall–Kier alpha value is -2.56. The smallest absolute Gasteiger partial charge is 0.0448 e. The van der Waals surface area contributed by atoms with E-state index in [4.69, 9.17) is 11.5 Å². The number of benzene rings is 2. The van der Waals surface area contributed by atoms with E-state index >= 15 is 0 Å². The Morgan fingerprint density at radius 2 is 1.49 bits per heavy atom. The van der Waals surface area contributed by atoms with Crippen molar-refractivity contribution in [3.05, 3.63) is 64.7 Å². The van der Waals surface area contributed by atoms with Crippen molar-refractivity contribution in [3.8, 4) is 0 Å². The van der Waals surface area contributed by atoms with E-state index in [2.05, 4.69) is 64.6 Å². The van der Waals surface area contributed by atoms with Gasteiger partial charge in [-0.15, -0.1) is 0 Å². The summed E-state index contributed by atoms with van der Waals surface area (Å²) in [6.07, 6.45) is 29.8. The highest BCUT2D eigenvalue weighted by atomic mass is 15.2. The molecule has 2 aromatic rings. The van der Waals surface area contributed by atoms with Gasteiger partial charge in [-0.05, 0) is 116 Å². The van der Waals surface area contributed by atoms with Gasteiger partial charge in [0.05, 0.1) is 0 Å². The summed E-state index contributed by atoms with van der Waals surface area (Å²) >= 11 is 0. The minimum Gasteiger partial charge on any atom is -0.398 e. The van der Waals surface area contributed by atoms with Crippen molar-refractivity contribution in [2.24, 2.45) is 35.3 Å². The highest BCUT2D eigenvalue weighted by Gasteiger charge is 2.52. The number of allylic oxidation sites excluding steroid dienone is 4. The van der Waals surface area contributed by atoms with Gasteiger partial charge in [0.2, 0.25) is 0 Å². The van der Waals surface area contributed by atoms with Crippen LogP contribution in [-0.4, -0.2) is 41.5 Å². The standard InChI is InChI=1S/C41H56N4/c42-38-24-34-32-18-8-10-20-40(32)44(26-36(34)28-14-4-6-16-30(28)38)22-12-2-1-3-13-23-45-27-37-29-15-5-7-17-31(29)39(43)25-35(37)33-19-9-11-21-41(33)45/h4,6,8,10,14,16,20,24,26,29,31,33,35,37,39,41H,1-3,5,7,9,11-13,15,17-19,21-23,25,27,42-43H2. The van der Waals surface area contributed by atoms with Gasteiger partial charge < -0.3 is 16.4 Å². The van der Waals surface area contributed by atoms with Gasteiger partial charge >= 0.3 is 0 Å². The molecule has 4 nitrogen and oxygen atoms in total. The SMILES string of the molecule is Nc1cc2c(c3ccccc13)=CN(CCCCCCCN1CC3C4CCCCC4C(N)CC3C3CCCCC31)C1=CC=CCC=21. The highest BCUT2D eigenvalue weighted by molar-refractivity contribution is 5.95. The Morgan fingerprint density at radius 1 is 0.756 bits per heavy atom. The largest absolute Gasteiger partial charge is 0.398 e. The van der Waals surface area contributed by atoms with E-state index in [0.717, 1.165) is 54.3 Å². The zero-order valence-electron chi connectivity index (χ0n) is 27.5. The third kappa shape index (κ3) is 5.58. The van der Waals surface area contributed by atoms with Crippen LogP contribution in [0.25, 0.3) is 22.5 Å². The summed E-state index contributed by atoms with van der Waals surface area (Å²) in [7, 11) is 0. The fourth-order valence-corrected chi connectivity index (χ4v) is 11.2. The summed E-state index contributed by atoms with van der Waals surface area (Å²) in [6, 6.07) is 12.2. The van der Waals surface area contributed by atoms with Crippen molar-refractivity contribution in [2.75, 3.05) is 25.4 Å². The highest BCUT2D eigenvalue weighted by Crippen LogP contribution is 2.53. The Kier molecular flexibility index (Phi) is 8.56. The molecule has 0 aromatic heterocycles. The van der Waals surface area contributed by atoms with E-state index in [9.17, 15) is 0 Å². The first-order valence-electron chi connectivity index (χ1n) is 18.8. The fourth-order valence-electron chi connectivity index (χ4n) is 11.2. The van der Waals surface area contributed by atoms with Gasteiger partial charge in [0.1, 0.15) is 0 Å². The molecule has 4 fully saturated rings. The summed E-state index contributed by atoms with van der Waals surface area (Å²) in [6.45, 7) is 3.80. The van der Waals surface area contributed by atoms with E-state index in [-0.39, 0.29) is 0 Å². The lowest BCUT2D eigenvalue weighted by molar-refractivity contribution is -0.0890. The van der Waals surface area contributed by atoms with Crippen LogP contribution in [0.2, 0.25) is 0 Å². The van der Waals surface area contributed by atoms with E-state index in [0.29, 0.717) is 6.04 Å². The molecule has 0 bridgehead atoms. The summed E-state index contributed by atoms with van der Waals surface area (Å²) in [5.41, 5.74) is 17.1. The van der Waals surface area contributed by atoms with E-state index in [1.807, 2.05) is 0 Å². The molecule has 2 aromatic carbocycles. The lowest BCUT2D eigenvalue weighted by atomic mass is 9.53. The first-order chi connectivity index (χ1) is 22.2. The maximum atomic E-state index is 6.89. The van der Waals surface area contributed by atoms with Crippen LogP contribution in [0.3, 0.4) is 0 Å². The number of anilines is 1. The van der Waals surface area contributed by atoms with Crippen molar-refractivity contribution < 1.29 is 0 Å². The lowest BCUT2D eigenvalue weighted by Crippen LogP contribution is -2.61. The summed E-state index contributed by atoms with van der Waals surface area (Å²) in [5.74, 6) is 4.51. The van der Waals surface area contributed by atoms with Gasteiger partial charge in [-0.3, -0.25) is 4.90 Å². The van der Waals surface area contributed by atoms with Crippen molar-refractivity contribution in [3.63, 3.8) is 0 Å². The fraction of sp³-hybridized carbons (Fsp3) is 0.610. The van der Waals surface area contributed by atoms with Crippen LogP contribution >= 0.6 is 0 Å². The first kappa shape index (κ1) is 29.8. The molecule has 7 atom stereocenters. The molecule has 0 amide bonds. The number of likely N-dealkylation sites (tertiary alicyclic amines) is 1. The quantitative estimate of drug-likeness (QED) is 0.250. The van der Waals surface area contributed by atoms with Crippen molar-refractivity contribution in [1.82, 2.24) is 9.80 Å². The number of piperidine rings is 1. The number of rotatable bonds is 8. The number of nitrogens with two attached hydrogens (primary N) is 2. The molecule has 6 aliphatic rings. The molecule has 1 saturated heterocycles. The van der Waals surface area contributed by atoms with Gasteiger partial charge in [-0.1, -0.05) is 81.4 Å². The summed E-state index contributed by atoms with van der Waals surface area (Å²) in [5, 5.41) is 5.10. The number of hydrogen-bond donors (Lipinski definition) is 2. The van der Waals surface area contributed by atoms with Crippen LogP contribution in [0.15, 0.2) is 54.3 Å². The van der Waals surface area contributed by atoms with Crippen molar-refractivity contribution in [1.29, 1.82) is 0 Å². The number of unbranched alkanes of at least 4 members (excludes halogenated alkanes) is 4. The molecule has 45 heavy (non-hydrogen) atoms. The van der Waals surface area contributed by atoms with Gasteiger partial charge in [0.25, 0.3) is 0 Å². The molecular formula is C41H56N4. The molecule has 4 N–H and O–H groups in total. The zero-order chi connectivity index (χ0) is 30.3. The van der Waals surface area contributed by atoms with Crippen molar-refractivity contribution >= 4 is 28.2 Å². The van der Waals surface area contributed by atoms with Crippen LogP contribution in [0.1, 0.15) is 96.3 Å². The molecule has 240 valence electrons. The summed E-state index contributed by atoms with van der Waals surface area (Å²) in [4.78, 5) is 5.55. The molecule has 0 radical (unpaired) electrons. The van der Waals surface area contributed by atoms with Gasteiger partial charge in [-0.2, -0.15) is 0 Å². The molecule has 8 rings (SSSR count). The number of hydrogen-bond acceptors (Lipinski definition) is 4. The van der Waals surface area contributed by atoms with Crippen LogP contribution in [-0.2, 0) is 0 Å². The predicted octanol–water partition coefficient (Wildman–Crippen LogP) is 7.06. The Labute approximate surface area is 271 Å². The normalized spacial score (nSPS) is 32.6. The number of nitrogens with zero attached hydrogens (tertiary/aromatic N) is 2. The molecule has 4 aliphatic carbocycles. The minimum absolute atomic E-state index is 0.483. The van der Waals surface area contributed by atoms with Crippen LogP contribution in [0, 0.1) is 29.6 Å². The van der Waals surface area contributed by atoms with Gasteiger partial charge in [0.15, 0.2) is 0 Å². The maximum absolute atomic E-state index is 6.89. The average molecular weight is 605 g/mol. The molecule has 7 unspecified atom stereocenters. The third-order valence-corrected chi connectivity index (χ3v) is 13.2. The molecule has 4 heteroatoms. The zero-order valence-corrected chi connectivity index (χ0v) is 27.5. The minimum atomic E-state index is 0.483. The van der Waals surface area contributed by atoms with Crippen LogP contribution in [0.4, 0.5) is 5.69 Å². The van der Waals surface area contributed by atoms with Crippen molar-refractivity contribution in [2.45, 2.75) is 108 Å². The molecule has 2 aliphatic heterocycles. The van der Waals surface area contributed by atoms with Gasteiger partial charge in [-0.25, -0.2) is 0 Å². The number of nitrogen functional groups attached to an aromatic ring is 1.